The molecule has 6 heteroatoms. The van der Waals surface area contributed by atoms with Gasteiger partial charge in [-0.25, -0.2) is 23.1 Å². The van der Waals surface area contributed by atoms with Gasteiger partial charge in [-0.1, -0.05) is 0 Å². The lowest BCUT2D eigenvalue weighted by Gasteiger charge is -2.07. The fraction of sp³-hybridized carbons (Fsp3) is 0.500. The van der Waals surface area contributed by atoms with Crippen LogP contribution in [0.25, 0.3) is 0 Å². The molecule has 1 aromatic heterocycles. The van der Waals surface area contributed by atoms with Gasteiger partial charge in [-0.3, -0.25) is 0 Å². The molecule has 14 heavy (non-hydrogen) atoms. The second-order valence-electron chi connectivity index (χ2n) is 3.26. The van der Waals surface area contributed by atoms with Crippen LogP contribution in [0.5, 0.6) is 0 Å². The molecular formula is C8H13N3O2S. The summed E-state index contributed by atoms with van der Waals surface area (Å²) >= 11 is 0. The molecule has 0 saturated heterocycles. The van der Waals surface area contributed by atoms with Crippen LogP contribution in [0.1, 0.15) is 19.5 Å². The predicted octanol–water partition coefficient (Wildman–Crippen LogP) is 0.472. The molecule has 0 spiro atoms. The van der Waals surface area contributed by atoms with Crippen molar-refractivity contribution in [2.45, 2.75) is 32.0 Å². The zero-order valence-corrected chi connectivity index (χ0v) is 9.17. The molecule has 0 radical (unpaired) electrons. The highest BCUT2D eigenvalue weighted by Crippen LogP contribution is 2.02. The monoisotopic (exact) mass is 215 g/mol. The van der Waals surface area contributed by atoms with Crippen LogP contribution in [0.4, 0.5) is 0 Å². The molecule has 5 nitrogen and oxygen atoms in total. The standard InChI is InChI=1S/C8H13N3O2S/c1-6(2)11-14(12,13)8-9-5-4-7(3)10-8/h4-6,11H,1-3H3. The van der Waals surface area contributed by atoms with Gasteiger partial charge in [0.15, 0.2) is 0 Å². The molecule has 1 heterocycles. The Morgan fingerprint density at radius 3 is 2.57 bits per heavy atom. The molecule has 0 bridgehead atoms. The van der Waals surface area contributed by atoms with Crippen molar-refractivity contribution in [2.24, 2.45) is 0 Å². The summed E-state index contributed by atoms with van der Waals surface area (Å²) in [6.45, 7) is 5.21. The Kier molecular flexibility index (Phi) is 3.17. The molecule has 0 aliphatic carbocycles. The highest BCUT2D eigenvalue weighted by atomic mass is 32.2. The van der Waals surface area contributed by atoms with Crippen LogP contribution >= 0.6 is 0 Å². The average molecular weight is 215 g/mol. The Morgan fingerprint density at radius 2 is 2.07 bits per heavy atom. The molecule has 1 aromatic rings. The summed E-state index contributed by atoms with van der Waals surface area (Å²) in [5, 5.41) is -0.175. The van der Waals surface area contributed by atoms with Crippen LogP contribution < -0.4 is 4.72 Å². The van der Waals surface area contributed by atoms with E-state index in [2.05, 4.69) is 14.7 Å². The summed E-state index contributed by atoms with van der Waals surface area (Å²) in [4.78, 5) is 7.54. The maximum atomic E-state index is 11.6. The molecule has 78 valence electrons. The van der Waals surface area contributed by atoms with Crippen molar-refractivity contribution < 1.29 is 8.42 Å². The second kappa shape index (κ2) is 4.02. The smallest absolute Gasteiger partial charge is 0.226 e. The highest BCUT2D eigenvalue weighted by Gasteiger charge is 2.18. The van der Waals surface area contributed by atoms with Crippen LogP contribution in [-0.4, -0.2) is 24.4 Å². The van der Waals surface area contributed by atoms with E-state index in [4.69, 9.17) is 0 Å². The first-order chi connectivity index (χ1) is 6.42. The lowest BCUT2D eigenvalue weighted by Crippen LogP contribution is -2.31. The number of hydrogen-bond acceptors (Lipinski definition) is 4. The summed E-state index contributed by atoms with van der Waals surface area (Å²) < 4.78 is 25.5. The van der Waals surface area contributed by atoms with Crippen LogP contribution in [0.15, 0.2) is 17.4 Å². The largest absolute Gasteiger partial charge is 0.276 e. The number of rotatable bonds is 3. The third-order valence-corrected chi connectivity index (χ3v) is 2.86. The van der Waals surface area contributed by atoms with Gasteiger partial charge in [-0.05, 0) is 26.8 Å². The Bertz CT molecular complexity index is 414. The maximum Gasteiger partial charge on any atom is 0.276 e. The van der Waals surface area contributed by atoms with Gasteiger partial charge in [0.1, 0.15) is 0 Å². The molecular weight excluding hydrogens is 202 g/mol. The van der Waals surface area contributed by atoms with E-state index >= 15 is 0 Å². The number of nitrogens with one attached hydrogen (secondary N) is 1. The van der Waals surface area contributed by atoms with Gasteiger partial charge in [-0.2, -0.15) is 0 Å². The average Bonchev–Trinajstić information content (AvgIpc) is 2.01. The molecule has 0 unspecified atom stereocenters. The van der Waals surface area contributed by atoms with Crippen LogP contribution in [0, 0.1) is 6.92 Å². The van der Waals surface area contributed by atoms with Gasteiger partial charge >= 0.3 is 0 Å². The van der Waals surface area contributed by atoms with Crippen molar-refractivity contribution in [1.82, 2.24) is 14.7 Å². The summed E-state index contributed by atoms with van der Waals surface area (Å²) in [5.74, 6) is 0. The zero-order chi connectivity index (χ0) is 10.8. The summed E-state index contributed by atoms with van der Waals surface area (Å²) in [6.07, 6.45) is 1.43. The molecule has 0 aliphatic heterocycles. The topological polar surface area (TPSA) is 72.0 Å². The van der Waals surface area contributed by atoms with E-state index in [1.165, 1.54) is 6.20 Å². The summed E-state index contributed by atoms with van der Waals surface area (Å²) in [6, 6.07) is 1.48. The number of aromatic nitrogens is 2. The summed E-state index contributed by atoms with van der Waals surface area (Å²) in [5.41, 5.74) is 0.629. The van der Waals surface area contributed by atoms with Crippen LogP contribution in [0.3, 0.4) is 0 Å². The molecule has 0 aromatic carbocycles. The van der Waals surface area contributed by atoms with Crippen molar-refractivity contribution in [3.8, 4) is 0 Å². The third-order valence-electron chi connectivity index (χ3n) is 1.40. The molecule has 1 rings (SSSR count). The molecule has 0 fully saturated rings. The lowest BCUT2D eigenvalue weighted by molar-refractivity contribution is 0.560. The van der Waals surface area contributed by atoms with E-state index < -0.39 is 10.0 Å². The lowest BCUT2D eigenvalue weighted by atomic mass is 10.4. The van der Waals surface area contributed by atoms with Gasteiger partial charge in [-0.15, -0.1) is 0 Å². The van der Waals surface area contributed by atoms with Crippen molar-refractivity contribution >= 4 is 10.0 Å². The number of nitrogens with zero attached hydrogens (tertiary/aromatic N) is 2. The Morgan fingerprint density at radius 1 is 1.43 bits per heavy atom. The Balaban J connectivity index is 3.05. The zero-order valence-electron chi connectivity index (χ0n) is 8.35. The summed E-state index contributed by atoms with van der Waals surface area (Å²) in [7, 11) is -3.55. The van der Waals surface area contributed by atoms with Crippen molar-refractivity contribution in [1.29, 1.82) is 0 Å². The van der Waals surface area contributed by atoms with Crippen LogP contribution in [0.2, 0.25) is 0 Å². The molecule has 1 N–H and O–H groups in total. The van der Waals surface area contributed by atoms with Crippen LogP contribution in [-0.2, 0) is 10.0 Å². The Labute approximate surface area is 83.6 Å². The van der Waals surface area contributed by atoms with Crippen molar-refractivity contribution in [3.05, 3.63) is 18.0 Å². The van der Waals surface area contributed by atoms with Gasteiger partial charge in [0, 0.05) is 17.9 Å². The first-order valence-electron chi connectivity index (χ1n) is 4.24. The second-order valence-corrected chi connectivity index (χ2v) is 4.86. The first-order valence-corrected chi connectivity index (χ1v) is 5.72. The van der Waals surface area contributed by atoms with E-state index in [0.717, 1.165) is 0 Å². The quantitative estimate of drug-likeness (QED) is 0.744. The molecule has 0 saturated carbocycles. The van der Waals surface area contributed by atoms with Gasteiger partial charge < -0.3 is 0 Å². The Hall–Kier alpha value is -1.01. The van der Waals surface area contributed by atoms with Crippen molar-refractivity contribution in [2.75, 3.05) is 0 Å². The third kappa shape index (κ3) is 2.74. The molecule has 0 atom stereocenters. The molecule has 0 aliphatic rings. The van der Waals surface area contributed by atoms with Gasteiger partial charge in [0.2, 0.25) is 0 Å². The van der Waals surface area contributed by atoms with Crippen molar-refractivity contribution in [3.63, 3.8) is 0 Å². The van der Waals surface area contributed by atoms with E-state index in [0.29, 0.717) is 5.69 Å². The minimum Gasteiger partial charge on any atom is -0.226 e. The van der Waals surface area contributed by atoms with E-state index in [-0.39, 0.29) is 11.2 Å². The van der Waals surface area contributed by atoms with E-state index in [1.807, 2.05) is 0 Å². The SMILES string of the molecule is Cc1ccnc(S(=O)(=O)NC(C)C)n1. The minimum atomic E-state index is -3.55. The fourth-order valence-corrected chi connectivity index (χ4v) is 2.11. The normalized spacial score (nSPS) is 12.0. The predicted molar refractivity (Wildman–Crippen MR) is 52.2 cm³/mol. The maximum absolute atomic E-state index is 11.6. The highest BCUT2D eigenvalue weighted by molar-refractivity contribution is 7.89. The fourth-order valence-electron chi connectivity index (χ4n) is 0.918. The molecule has 0 amide bonds. The minimum absolute atomic E-state index is 0.163. The number of aryl methyl sites for hydroxylation is 1. The van der Waals surface area contributed by atoms with Gasteiger partial charge in [0.05, 0.1) is 0 Å². The van der Waals surface area contributed by atoms with E-state index in [9.17, 15) is 8.42 Å². The van der Waals surface area contributed by atoms with E-state index in [1.54, 1.807) is 26.8 Å². The number of hydrogen-bond donors (Lipinski definition) is 1. The van der Waals surface area contributed by atoms with Gasteiger partial charge in [0.25, 0.3) is 15.2 Å². The number of sulfonamides is 1. The first kappa shape index (κ1) is 11.1.